The molecule has 2 rings (SSSR count). The van der Waals surface area contributed by atoms with E-state index in [1.807, 2.05) is 34.6 Å². The molecule has 0 unspecified atom stereocenters. The fraction of sp³-hybridized carbons (Fsp3) is 0.571. The molecule has 0 radical (unpaired) electrons. The van der Waals surface area contributed by atoms with E-state index in [0.29, 0.717) is 16.8 Å². The van der Waals surface area contributed by atoms with Gasteiger partial charge in [0.2, 0.25) is 11.9 Å². The first-order chi connectivity index (χ1) is 10.2. The monoisotopic (exact) mass is 322 g/mol. The standard InChI is InChI=1S/C14H22N6OS/c1-6-9-8(2)16-12(15)20-11(9)18-19-13(20)22-7-10(21)17-14(3,4)5/h6-7H2,1-5H3,(H2,15,16)(H,17,21). The van der Waals surface area contributed by atoms with Gasteiger partial charge in [-0.1, -0.05) is 18.7 Å². The molecule has 0 aliphatic heterocycles. The van der Waals surface area contributed by atoms with Gasteiger partial charge in [0, 0.05) is 16.8 Å². The van der Waals surface area contributed by atoms with Crippen molar-refractivity contribution in [3.63, 3.8) is 0 Å². The Morgan fingerprint density at radius 3 is 2.64 bits per heavy atom. The second-order valence-corrected chi connectivity index (χ2v) is 7.06. The summed E-state index contributed by atoms with van der Waals surface area (Å²) in [5.41, 5.74) is 8.34. The highest BCUT2D eigenvalue weighted by molar-refractivity contribution is 7.99. The first-order valence-electron chi connectivity index (χ1n) is 7.17. The second kappa shape index (κ2) is 6.12. The van der Waals surface area contributed by atoms with E-state index in [4.69, 9.17) is 5.73 Å². The van der Waals surface area contributed by atoms with Gasteiger partial charge in [-0.2, -0.15) is 0 Å². The summed E-state index contributed by atoms with van der Waals surface area (Å²) >= 11 is 1.30. The highest BCUT2D eigenvalue weighted by atomic mass is 32.2. The fourth-order valence-electron chi connectivity index (χ4n) is 2.21. The first kappa shape index (κ1) is 16.5. The molecule has 2 aromatic rings. The minimum atomic E-state index is -0.252. The maximum Gasteiger partial charge on any atom is 0.230 e. The Morgan fingerprint density at radius 2 is 2.05 bits per heavy atom. The number of anilines is 1. The Balaban J connectivity index is 2.25. The number of hydrogen-bond donors (Lipinski definition) is 2. The lowest BCUT2D eigenvalue weighted by Crippen LogP contribution is -2.41. The van der Waals surface area contributed by atoms with Crippen LogP contribution in [0.4, 0.5) is 5.95 Å². The molecule has 0 aliphatic rings. The third-order valence-corrected chi connectivity index (χ3v) is 3.98. The summed E-state index contributed by atoms with van der Waals surface area (Å²) in [6.45, 7) is 9.78. The Morgan fingerprint density at radius 1 is 1.36 bits per heavy atom. The van der Waals surface area contributed by atoms with Gasteiger partial charge in [-0.3, -0.25) is 4.79 Å². The zero-order valence-electron chi connectivity index (χ0n) is 13.6. The largest absolute Gasteiger partial charge is 0.369 e. The van der Waals surface area contributed by atoms with Gasteiger partial charge in [-0.05, 0) is 34.1 Å². The Bertz CT molecular complexity index is 703. The van der Waals surface area contributed by atoms with Crippen LogP contribution in [0.15, 0.2) is 5.16 Å². The summed E-state index contributed by atoms with van der Waals surface area (Å²) in [6.07, 6.45) is 0.802. The van der Waals surface area contributed by atoms with Gasteiger partial charge in [0.15, 0.2) is 10.8 Å². The Kier molecular flexibility index (Phi) is 4.60. The topological polar surface area (TPSA) is 98.2 Å². The smallest absolute Gasteiger partial charge is 0.230 e. The molecule has 0 saturated carbocycles. The minimum absolute atomic E-state index is 0.0522. The van der Waals surface area contributed by atoms with Gasteiger partial charge in [-0.25, -0.2) is 9.38 Å². The first-order valence-corrected chi connectivity index (χ1v) is 8.15. The number of aromatic nitrogens is 4. The van der Waals surface area contributed by atoms with E-state index >= 15 is 0 Å². The molecule has 22 heavy (non-hydrogen) atoms. The molecule has 0 atom stereocenters. The lowest BCUT2D eigenvalue weighted by Gasteiger charge is -2.20. The van der Waals surface area contributed by atoms with Gasteiger partial charge < -0.3 is 11.1 Å². The summed E-state index contributed by atoms with van der Waals surface area (Å²) in [6, 6.07) is 0. The Hall–Kier alpha value is -1.83. The number of thioether (sulfide) groups is 1. The second-order valence-electron chi connectivity index (χ2n) is 6.12. The van der Waals surface area contributed by atoms with Gasteiger partial charge in [0.1, 0.15) is 0 Å². The zero-order chi connectivity index (χ0) is 16.5. The molecule has 8 heteroatoms. The number of carbonyl (C=O) groups excluding carboxylic acids is 1. The number of carbonyl (C=O) groups is 1. The van der Waals surface area contributed by atoms with Gasteiger partial charge in [0.25, 0.3) is 0 Å². The molecule has 7 nitrogen and oxygen atoms in total. The number of nitrogens with zero attached hydrogens (tertiary/aromatic N) is 4. The predicted octanol–water partition coefficient (Wildman–Crippen LogP) is 1.58. The summed E-state index contributed by atoms with van der Waals surface area (Å²) in [5.74, 6) is 0.546. The molecule has 0 aliphatic carbocycles. The van der Waals surface area contributed by atoms with E-state index in [-0.39, 0.29) is 17.2 Å². The van der Waals surface area contributed by atoms with Crippen molar-refractivity contribution in [2.45, 2.75) is 51.7 Å². The number of rotatable bonds is 4. The maximum atomic E-state index is 11.9. The fourth-order valence-corrected chi connectivity index (χ4v) is 2.95. The summed E-state index contributed by atoms with van der Waals surface area (Å²) in [7, 11) is 0. The summed E-state index contributed by atoms with van der Waals surface area (Å²) < 4.78 is 1.71. The van der Waals surface area contributed by atoms with Crippen LogP contribution in [0.2, 0.25) is 0 Å². The van der Waals surface area contributed by atoms with Crippen LogP contribution in [0, 0.1) is 6.92 Å². The van der Waals surface area contributed by atoms with Crippen LogP contribution in [-0.2, 0) is 11.2 Å². The third-order valence-electron chi connectivity index (χ3n) is 3.05. The quantitative estimate of drug-likeness (QED) is 0.829. The van der Waals surface area contributed by atoms with Crippen molar-refractivity contribution in [1.29, 1.82) is 0 Å². The number of fused-ring (bicyclic) bond motifs is 1. The van der Waals surface area contributed by atoms with Crippen molar-refractivity contribution >= 4 is 29.3 Å². The van der Waals surface area contributed by atoms with Crippen molar-refractivity contribution < 1.29 is 4.79 Å². The number of aryl methyl sites for hydroxylation is 2. The molecule has 0 spiro atoms. The molecule has 0 bridgehead atoms. The average Bonchev–Trinajstić information content (AvgIpc) is 2.79. The normalized spacial score (nSPS) is 11.9. The maximum absolute atomic E-state index is 11.9. The van der Waals surface area contributed by atoms with Crippen LogP contribution in [0.1, 0.15) is 39.0 Å². The Labute approximate surface area is 134 Å². The predicted molar refractivity (Wildman–Crippen MR) is 87.9 cm³/mol. The average molecular weight is 322 g/mol. The zero-order valence-corrected chi connectivity index (χ0v) is 14.4. The van der Waals surface area contributed by atoms with Gasteiger partial charge in [-0.15, -0.1) is 10.2 Å². The molecular formula is C14H22N6OS. The SMILES string of the molecule is CCc1c(C)nc(N)n2c(SCC(=O)NC(C)(C)C)nnc12. The summed E-state index contributed by atoms with van der Waals surface area (Å²) in [4.78, 5) is 16.3. The van der Waals surface area contributed by atoms with Crippen molar-refractivity contribution in [1.82, 2.24) is 24.9 Å². The van der Waals surface area contributed by atoms with Crippen LogP contribution >= 0.6 is 11.8 Å². The van der Waals surface area contributed by atoms with Crippen LogP contribution in [0.25, 0.3) is 5.65 Å². The third kappa shape index (κ3) is 3.49. The van der Waals surface area contributed by atoms with E-state index in [9.17, 15) is 4.79 Å². The van der Waals surface area contributed by atoms with Crippen LogP contribution in [-0.4, -0.2) is 36.8 Å². The van der Waals surface area contributed by atoms with Crippen LogP contribution in [0.5, 0.6) is 0 Å². The van der Waals surface area contributed by atoms with Gasteiger partial charge >= 0.3 is 0 Å². The molecule has 2 heterocycles. The van der Waals surface area contributed by atoms with Crippen LogP contribution in [0.3, 0.4) is 0 Å². The number of hydrogen-bond acceptors (Lipinski definition) is 6. The van der Waals surface area contributed by atoms with Gasteiger partial charge in [0.05, 0.1) is 5.75 Å². The van der Waals surface area contributed by atoms with Crippen LogP contribution < -0.4 is 11.1 Å². The lowest BCUT2D eigenvalue weighted by atomic mass is 10.1. The van der Waals surface area contributed by atoms with Crippen molar-refractivity contribution in [3.05, 3.63) is 11.3 Å². The molecular weight excluding hydrogens is 300 g/mol. The van der Waals surface area contributed by atoms with E-state index < -0.39 is 0 Å². The molecule has 0 saturated heterocycles. The highest BCUT2D eigenvalue weighted by Crippen LogP contribution is 2.23. The molecule has 3 N–H and O–H groups in total. The number of nitrogens with one attached hydrogen (secondary N) is 1. The molecule has 2 aromatic heterocycles. The molecule has 0 fully saturated rings. The minimum Gasteiger partial charge on any atom is -0.369 e. The van der Waals surface area contributed by atoms with Crippen molar-refractivity contribution in [3.8, 4) is 0 Å². The van der Waals surface area contributed by atoms with E-state index in [1.165, 1.54) is 11.8 Å². The van der Waals surface area contributed by atoms with Crippen molar-refractivity contribution in [2.24, 2.45) is 0 Å². The number of amides is 1. The number of nitrogen functional groups attached to an aromatic ring is 1. The molecule has 0 aromatic carbocycles. The van der Waals surface area contributed by atoms with E-state index in [0.717, 1.165) is 17.7 Å². The van der Waals surface area contributed by atoms with E-state index in [1.54, 1.807) is 4.40 Å². The molecule has 1 amide bonds. The molecule has 120 valence electrons. The summed E-state index contributed by atoms with van der Waals surface area (Å²) in [5, 5.41) is 11.8. The highest BCUT2D eigenvalue weighted by Gasteiger charge is 2.18. The van der Waals surface area contributed by atoms with E-state index in [2.05, 4.69) is 20.5 Å². The van der Waals surface area contributed by atoms with Crippen molar-refractivity contribution in [2.75, 3.05) is 11.5 Å². The number of nitrogens with two attached hydrogens (primary N) is 1. The lowest BCUT2D eigenvalue weighted by molar-refractivity contribution is -0.119.